The first kappa shape index (κ1) is 51.7. The molecule has 4 aromatic heterocycles. The lowest BCUT2D eigenvalue weighted by Crippen LogP contribution is -2.29. The summed E-state index contributed by atoms with van der Waals surface area (Å²) in [6.07, 6.45) is 18.8. The van der Waals surface area contributed by atoms with Crippen molar-refractivity contribution in [1.82, 2.24) is 37.9 Å². The number of hydrogen-bond donors (Lipinski definition) is 10. The molecule has 0 saturated carbocycles. The molecule has 302 valence electrons. The number of nitrogens with one attached hydrogen (secondary N) is 5. The Labute approximate surface area is 309 Å². The summed E-state index contributed by atoms with van der Waals surface area (Å²) in [7, 11) is -1.00. The van der Waals surface area contributed by atoms with E-state index >= 15 is 0 Å². The maximum absolute atomic E-state index is 10.1. The molecular formula is C35H66FN7O9. The molecule has 0 spiro atoms. The van der Waals surface area contributed by atoms with Gasteiger partial charge in [0.2, 0.25) is 0 Å². The second kappa shape index (κ2) is 37.6. The molecule has 3 aliphatic heterocycles. The van der Waals surface area contributed by atoms with Crippen LogP contribution < -0.4 is 22.9 Å². The minimum absolute atomic E-state index is 0. The van der Waals surface area contributed by atoms with Gasteiger partial charge in [-0.2, -0.15) is 0 Å². The van der Waals surface area contributed by atoms with E-state index < -0.39 is 19.1 Å². The van der Waals surface area contributed by atoms with E-state index in [0.717, 1.165) is 38.6 Å². The summed E-state index contributed by atoms with van der Waals surface area (Å²) in [5.74, 6) is -1.64. The highest BCUT2D eigenvalue weighted by atomic mass is 19.1. The molecule has 0 aliphatic carbocycles. The maximum atomic E-state index is 10.1. The van der Waals surface area contributed by atoms with Gasteiger partial charge < -0.3 is 67.8 Å². The highest BCUT2D eigenvalue weighted by Crippen LogP contribution is 2.17. The monoisotopic (exact) mass is 755 g/mol. The molecule has 4 aromatic rings. The van der Waals surface area contributed by atoms with E-state index in [1.165, 1.54) is 25.3 Å². The average Bonchev–Trinajstić information content (AvgIpc) is 3.99. The highest BCUT2D eigenvalue weighted by Gasteiger charge is 2.20. The van der Waals surface area contributed by atoms with E-state index in [9.17, 15) is 18.8 Å². The van der Waals surface area contributed by atoms with E-state index in [4.69, 9.17) is 21.4 Å². The normalized spacial score (nSPS) is 18.7. The van der Waals surface area contributed by atoms with Crippen LogP contribution in [0.5, 0.6) is 0 Å². The third-order valence-corrected chi connectivity index (χ3v) is 6.68. The molecule has 52 heavy (non-hydrogen) atoms. The summed E-state index contributed by atoms with van der Waals surface area (Å²) in [6.45, 7) is 6.51. The molecule has 0 amide bonds. The van der Waals surface area contributed by atoms with Crippen LogP contribution in [0.4, 0.5) is 4.39 Å². The van der Waals surface area contributed by atoms with Gasteiger partial charge in [0.05, 0.1) is 45.6 Å². The lowest BCUT2D eigenvalue weighted by molar-refractivity contribution is -0.139. The van der Waals surface area contributed by atoms with Gasteiger partial charge in [-0.25, -0.2) is 4.79 Å². The number of carboxylic acid groups (broad SMARTS) is 2. The summed E-state index contributed by atoms with van der Waals surface area (Å²) in [5, 5.41) is 31.1. The van der Waals surface area contributed by atoms with E-state index in [1.54, 1.807) is 43.1 Å². The van der Waals surface area contributed by atoms with Crippen LogP contribution in [0.1, 0.15) is 77.6 Å². The fraction of sp³-hybridized carbons (Fsp3) is 0.457. The number of aliphatic hydroxyl groups excluding tert-OH is 1. The molecular weight excluding hydrogens is 688 g/mol. The first-order chi connectivity index (χ1) is 24.2. The molecule has 3 aliphatic rings. The predicted octanol–water partition coefficient (Wildman–Crippen LogP) is 5.54. The van der Waals surface area contributed by atoms with E-state index in [0.29, 0.717) is 30.6 Å². The zero-order valence-corrected chi connectivity index (χ0v) is 30.2. The van der Waals surface area contributed by atoms with Crippen molar-refractivity contribution in [3.63, 3.8) is 0 Å². The van der Waals surface area contributed by atoms with Gasteiger partial charge in [-0.15, -0.1) is 0 Å². The molecule has 3 saturated heterocycles. The topological polar surface area (TPSA) is 307 Å². The smallest absolute Gasteiger partial charge is 0.352 e. The quantitative estimate of drug-likeness (QED) is 0.0907. The fourth-order valence-corrected chi connectivity index (χ4v) is 4.20. The standard InChI is InChI=1S/C6H12O.C5H9NO2.C5H5NO2.C5H11NO.C5H5NO.C4H5N.C4H4O.CH3F.2H3N.H2O.2H2/c1-5-3-4-6(2)7-5;2*7-5(8)4-2-1-3-6-4;2*7-4-5-2-1-3-6-5;2*1-2-4-5-3-1;1-2;;;;;/h5-6H,3-4H2,1-2H3;4,6H,1-3H2,(H,7,8);1-3,6H,(H,7,8);5-7H,1-4H2;1-4,6H;1-5H;1-4H;1H3;2*1H3;1H2;2*1H/i;4*6+1;5+1;;1D;2*1+1;;;. The third-order valence-electron chi connectivity index (χ3n) is 6.68. The van der Waals surface area contributed by atoms with Crippen molar-refractivity contribution in [3.05, 3.63) is 97.2 Å². The van der Waals surface area contributed by atoms with Crippen LogP contribution in [-0.4, -0.2) is 105 Å². The third kappa shape index (κ3) is 30.2. The number of ether oxygens (including phenoxy) is 1. The Bertz CT molecular complexity index is 1200. The number of carboxylic acids is 2. The molecule has 3 fully saturated rings. The van der Waals surface area contributed by atoms with Crippen molar-refractivity contribution >= 4 is 18.2 Å². The van der Waals surface area contributed by atoms with Crippen molar-refractivity contribution in [2.75, 3.05) is 26.8 Å². The van der Waals surface area contributed by atoms with Crippen LogP contribution in [0.3, 0.4) is 0 Å². The fourth-order valence-electron chi connectivity index (χ4n) is 4.20. The molecule has 4 atom stereocenters. The van der Waals surface area contributed by atoms with Crippen molar-refractivity contribution in [1.29, 1.82) is 0 Å². The van der Waals surface area contributed by atoms with Crippen LogP contribution in [-0.2, 0) is 9.53 Å². The second-order valence-electron chi connectivity index (χ2n) is 10.6. The Morgan fingerprint density at radius 2 is 1.44 bits per heavy atom. The average molecular weight is 756 g/mol. The number of hydrogen-bond acceptors (Lipinski definition) is 10. The number of aromatic amines is 3. The second-order valence-corrected chi connectivity index (χ2v) is 10.6. The number of carbonyl (C=O) groups excluding carboxylic acids is 1. The van der Waals surface area contributed by atoms with Crippen LogP contribution in [0.25, 0.3) is 0 Å². The summed E-state index contributed by atoms with van der Waals surface area (Å²) < 4.78 is 25.4. The van der Waals surface area contributed by atoms with Gasteiger partial charge in [0.15, 0.2) is 6.29 Å². The van der Waals surface area contributed by atoms with Crippen LogP contribution in [0, 0.1) is 0 Å². The number of rotatable bonds is 4. The van der Waals surface area contributed by atoms with Gasteiger partial charge >= 0.3 is 11.9 Å². The number of aliphatic hydroxyl groups is 1. The van der Waals surface area contributed by atoms with Crippen molar-refractivity contribution in [2.24, 2.45) is 0 Å². The number of aromatic nitrogens is 3. The van der Waals surface area contributed by atoms with Crippen molar-refractivity contribution < 1.29 is 52.9 Å². The van der Waals surface area contributed by atoms with Crippen molar-refractivity contribution in [2.45, 2.75) is 76.7 Å². The molecule has 17 heteroatoms. The molecule has 0 radical (unpaired) electrons. The Hall–Kier alpha value is -4.62. The minimum atomic E-state index is -1.00. The number of H-pyrrole nitrogens is 3. The summed E-state index contributed by atoms with van der Waals surface area (Å²) in [6, 6.07) is 14.3. The van der Waals surface area contributed by atoms with Gasteiger partial charge in [-0.3, -0.25) is 14.0 Å². The number of halogens is 1. The summed E-state index contributed by atoms with van der Waals surface area (Å²) in [4.78, 5) is 38.1. The molecule has 0 bridgehead atoms. The number of alkyl halides is 1. The van der Waals surface area contributed by atoms with Crippen LogP contribution in [0.2, 0.25) is 0 Å². The lowest BCUT2D eigenvalue weighted by Gasteiger charge is -2.01. The molecule has 16 nitrogen and oxygen atoms in total. The van der Waals surface area contributed by atoms with Gasteiger partial charge in [-0.05, 0) is 114 Å². The SMILES string of the molecule is CC1CCC(C)O1.O.O=C(O)C1CCC[15NH]1.O=C(O)c1ccc[15nH]1.O=Cc1ccc[15nH]1.OCC1CCC[15NH]1.[15NH3].[15NH3].[2H]CF.[HH].[HH].c1cc[15nH]c1.c1ccoc1. The van der Waals surface area contributed by atoms with Crippen LogP contribution >= 0.6 is 0 Å². The molecule has 7 rings (SSSR count). The number of aliphatic carboxylic acids is 1. The number of furan rings is 1. The van der Waals surface area contributed by atoms with Gasteiger partial charge in [0, 0.05) is 33.7 Å². The molecule has 16 N–H and O–H groups in total. The first-order valence-electron chi connectivity index (χ1n) is 16.7. The largest absolute Gasteiger partial charge is 0.480 e. The van der Waals surface area contributed by atoms with Crippen molar-refractivity contribution in [3.8, 4) is 0 Å². The van der Waals surface area contributed by atoms with E-state index in [-0.39, 0.29) is 32.4 Å². The summed E-state index contributed by atoms with van der Waals surface area (Å²) >= 11 is 0. The Morgan fingerprint density at radius 3 is 1.65 bits per heavy atom. The lowest BCUT2D eigenvalue weighted by atomic mass is 10.2. The zero-order valence-electron chi connectivity index (χ0n) is 31.2. The van der Waals surface area contributed by atoms with Gasteiger partial charge in [0.1, 0.15) is 11.7 Å². The van der Waals surface area contributed by atoms with Gasteiger partial charge in [0.25, 0.3) is 0 Å². The number of aromatic carboxylic acids is 1. The Morgan fingerprint density at radius 1 is 0.885 bits per heavy atom. The first-order valence-corrected chi connectivity index (χ1v) is 16.0. The molecule has 7 heterocycles. The van der Waals surface area contributed by atoms with Gasteiger partial charge in [-0.1, -0.05) is 0 Å². The Balaban J connectivity index is -0.000000125. The molecule has 0 aromatic carbocycles. The van der Waals surface area contributed by atoms with E-state index in [2.05, 4.69) is 43.9 Å². The molecule has 4 unspecified atom stereocenters. The van der Waals surface area contributed by atoms with Crippen LogP contribution in [0.15, 0.2) is 90.3 Å². The summed E-state index contributed by atoms with van der Waals surface area (Å²) in [5.41, 5.74) is 0.852. The maximum Gasteiger partial charge on any atom is 0.352 e. The zero-order chi connectivity index (χ0) is 37.2. The minimum Gasteiger partial charge on any atom is -0.480 e. The Kier molecular flexibility index (Phi) is 37.4. The predicted molar refractivity (Wildman–Crippen MR) is 204 cm³/mol. The number of carbonyl (C=O) groups is 3. The number of aldehydes is 1. The van der Waals surface area contributed by atoms with E-state index in [1.807, 2.05) is 36.7 Å². The highest BCUT2D eigenvalue weighted by molar-refractivity contribution is 5.85.